The molecule has 3 aromatic heterocycles. The number of pyridine rings is 2. The molecule has 1 atom stereocenters. The van der Waals surface area contributed by atoms with E-state index in [4.69, 9.17) is 4.74 Å². The first-order valence-electron chi connectivity index (χ1n) is 9.51. The van der Waals surface area contributed by atoms with Gasteiger partial charge in [-0.1, -0.05) is 12.1 Å². The molecular formula is C21H22N4O2S. The Morgan fingerprint density at radius 3 is 3.04 bits per heavy atom. The van der Waals surface area contributed by atoms with E-state index >= 15 is 0 Å². The van der Waals surface area contributed by atoms with E-state index < -0.39 is 0 Å². The molecule has 0 saturated carbocycles. The largest absolute Gasteiger partial charge is 0.371 e. The molecule has 6 nitrogen and oxygen atoms in total. The summed E-state index contributed by atoms with van der Waals surface area (Å²) >= 11 is 1.94. The second kappa shape index (κ2) is 6.90. The molecule has 2 aliphatic heterocycles. The van der Waals surface area contributed by atoms with Crippen LogP contribution in [0.3, 0.4) is 0 Å². The van der Waals surface area contributed by atoms with Gasteiger partial charge in [0, 0.05) is 30.7 Å². The first-order chi connectivity index (χ1) is 13.6. The van der Waals surface area contributed by atoms with Crippen LogP contribution in [0.5, 0.6) is 0 Å². The molecule has 0 unspecified atom stereocenters. The molecule has 2 saturated heterocycles. The summed E-state index contributed by atoms with van der Waals surface area (Å²) in [5.41, 5.74) is 3.42. The van der Waals surface area contributed by atoms with Gasteiger partial charge in [-0.25, -0.2) is 4.98 Å². The zero-order valence-electron chi connectivity index (χ0n) is 15.7. The average molecular weight is 395 g/mol. The Labute approximate surface area is 167 Å². The average Bonchev–Trinajstić information content (AvgIpc) is 3.29. The smallest absolute Gasteiger partial charge is 0.272 e. The molecule has 0 radical (unpaired) electrons. The van der Waals surface area contributed by atoms with Crippen LogP contribution in [0.25, 0.3) is 5.65 Å². The molecule has 0 bridgehead atoms. The highest BCUT2D eigenvalue weighted by Gasteiger charge is 2.51. The Kier molecular flexibility index (Phi) is 4.36. The third-order valence-corrected chi connectivity index (χ3v) is 7.05. The number of aryl methyl sites for hydroxylation is 1. The van der Waals surface area contributed by atoms with Crippen LogP contribution in [0.15, 0.2) is 48.8 Å². The quantitative estimate of drug-likeness (QED) is 0.681. The normalized spacial score (nSPS) is 20.6. The summed E-state index contributed by atoms with van der Waals surface area (Å²) in [5, 5.41) is 0. The summed E-state index contributed by atoms with van der Waals surface area (Å²) in [5.74, 6) is 1.03. The first-order valence-corrected chi connectivity index (χ1v) is 10.5. The minimum Gasteiger partial charge on any atom is -0.371 e. The van der Waals surface area contributed by atoms with Crippen LogP contribution in [-0.2, 0) is 11.3 Å². The van der Waals surface area contributed by atoms with Crippen molar-refractivity contribution in [1.29, 1.82) is 0 Å². The van der Waals surface area contributed by atoms with Gasteiger partial charge in [0.15, 0.2) is 0 Å². The number of amides is 1. The van der Waals surface area contributed by atoms with Crippen LogP contribution in [0.1, 0.15) is 28.3 Å². The fourth-order valence-corrected chi connectivity index (χ4v) is 5.61. The summed E-state index contributed by atoms with van der Waals surface area (Å²) in [6, 6.07) is 11.8. The van der Waals surface area contributed by atoms with E-state index in [9.17, 15) is 4.79 Å². The lowest BCUT2D eigenvalue weighted by Gasteiger charge is -2.47. The Morgan fingerprint density at radius 2 is 2.18 bits per heavy atom. The lowest BCUT2D eigenvalue weighted by molar-refractivity contribution is 0.0242. The Balaban J connectivity index is 1.18. The molecule has 5 heterocycles. The van der Waals surface area contributed by atoms with E-state index in [0.717, 1.165) is 42.3 Å². The number of hydrogen-bond donors (Lipinski definition) is 0. The molecule has 0 aliphatic carbocycles. The van der Waals surface area contributed by atoms with Gasteiger partial charge in [-0.15, -0.1) is 11.8 Å². The van der Waals surface area contributed by atoms with Gasteiger partial charge in [-0.3, -0.25) is 14.2 Å². The van der Waals surface area contributed by atoms with Crippen LogP contribution in [0.2, 0.25) is 0 Å². The molecule has 2 aliphatic rings. The fraction of sp³-hybridized carbons (Fsp3) is 0.381. The van der Waals surface area contributed by atoms with E-state index in [2.05, 4.69) is 9.97 Å². The predicted octanol–water partition coefficient (Wildman–Crippen LogP) is 2.95. The Morgan fingerprint density at radius 1 is 1.29 bits per heavy atom. The van der Waals surface area contributed by atoms with Crippen molar-refractivity contribution in [3.05, 3.63) is 65.9 Å². The van der Waals surface area contributed by atoms with Gasteiger partial charge in [0.05, 0.1) is 29.3 Å². The van der Waals surface area contributed by atoms with Crippen molar-refractivity contribution < 1.29 is 9.53 Å². The van der Waals surface area contributed by atoms with Crippen molar-refractivity contribution in [2.45, 2.75) is 30.8 Å². The lowest BCUT2D eigenvalue weighted by Crippen LogP contribution is -2.60. The number of hydrogen-bond acceptors (Lipinski definition) is 5. The van der Waals surface area contributed by atoms with Crippen LogP contribution in [-0.4, -0.2) is 54.9 Å². The topological polar surface area (TPSA) is 59.7 Å². The van der Waals surface area contributed by atoms with Gasteiger partial charge in [0.1, 0.15) is 11.3 Å². The molecule has 144 valence electrons. The van der Waals surface area contributed by atoms with Gasteiger partial charge < -0.3 is 9.64 Å². The molecular weight excluding hydrogens is 372 g/mol. The number of rotatable bonds is 4. The molecule has 2 fully saturated rings. The van der Waals surface area contributed by atoms with E-state index in [-0.39, 0.29) is 16.8 Å². The zero-order chi connectivity index (χ0) is 19.1. The fourth-order valence-electron chi connectivity index (χ4n) is 4.06. The second-order valence-corrected chi connectivity index (χ2v) is 9.12. The van der Waals surface area contributed by atoms with Crippen molar-refractivity contribution >= 4 is 23.3 Å². The molecule has 0 aromatic carbocycles. The molecule has 1 spiro atoms. The van der Waals surface area contributed by atoms with Crippen molar-refractivity contribution in [3.8, 4) is 0 Å². The summed E-state index contributed by atoms with van der Waals surface area (Å²) in [4.78, 5) is 23.6. The summed E-state index contributed by atoms with van der Waals surface area (Å²) in [6.07, 6.45) is 4.77. The molecule has 3 aromatic rings. The van der Waals surface area contributed by atoms with Gasteiger partial charge >= 0.3 is 0 Å². The number of ether oxygens (including phenoxy) is 1. The first kappa shape index (κ1) is 17.7. The number of carbonyl (C=O) groups excluding carboxylic acids is 1. The number of fused-ring (bicyclic) bond motifs is 1. The predicted molar refractivity (Wildman–Crippen MR) is 108 cm³/mol. The number of carbonyl (C=O) groups is 1. The number of likely N-dealkylation sites (tertiary alicyclic amines) is 1. The van der Waals surface area contributed by atoms with Crippen molar-refractivity contribution in [1.82, 2.24) is 19.3 Å². The van der Waals surface area contributed by atoms with Crippen LogP contribution >= 0.6 is 11.8 Å². The van der Waals surface area contributed by atoms with Crippen molar-refractivity contribution in [3.63, 3.8) is 0 Å². The lowest BCUT2D eigenvalue weighted by atomic mass is 9.92. The van der Waals surface area contributed by atoms with Gasteiger partial charge in [-0.2, -0.15) is 0 Å². The number of nitrogens with zero attached hydrogens (tertiary/aromatic N) is 4. The van der Waals surface area contributed by atoms with Crippen LogP contribution in [0.4, 0.5) is 0 Å². The van der Waals surface area contributed by atoms with Crippen LogP contribution < -0.4 is 0 Å². The zero-order valence-corrected chi connectivity index (χ0v) is 16.6. The third kappa shape index (κ3) is 3.18. The number of thioether (sulfide) groups is 1. The summed E-state index contributed by atoms with van der Waals surface area (Å²) in [6.45, 7) is 4.10. The maximum absolute atomic E-state index is 12.9. The highest BCUT2D eigenvalue weighted by Crippen LogP contribution is 2.46. The SMILES string of the molecule is Cc1cccc(CO[C@H]2CSC3(C2)CN(C(=O)c2cnc4ccccn24)C3)n1. The summed E-state index contributed by atoms with van der Waals surface area (Å²) < 4.78 is 8.10. The second-order valence-electron chi connectivity index (χ2n) is 7.63. The highest BCUT2D eigenvalue weighted by molar-refractivity contribution is 8.01. The van der Waals surface area contributed by atoms with E-state index in [0.29, 0.717) is 12.3 Å². The van der Waals surface area contributed by atoms with E-state index in [1.807, 2.05) is 70.6 Å². The van der Waals surface area contributed by atoms with Crippen molar-refractivity contribution in [2.24, 2.45) is 0 Å². The molecule has 7 heteroatoms. The minimum atomic E-state index is 0.0539. The summed E-state index contributed by atoms with van der Waals surface area (Å²) in [7, 11) is 0. The maximum Gasteiger partial charge on any atom is 0.272 e. The van der Waals surface area contributed by atoms with Gasteiger partial charge in [-0.05, 0) is 37.6 Å². The standard InChI is InChI=1S/C21H22N4O2S/c1-15-5-4-6-16(23-15)11-27-17-9-21(28-12-17)13-24(14-21)20(26)18-10-22-19-7-2-3-8-25(18)19/h2-8,10,17H,9,11-14H2,1H3/t17-/m1/s1. The van der Waals surface area contributed by atoms with E-state index in [1.54, 1.807) is 6.20 Å². The molecule has 28 heavy (non-hydrogen) atoms. The minimum absolute atomic E-state index is 0.0539. The van der Waals surface area contributed by atoms with Crippen LogP contribution in [0, 0.1) is 6.92 Å². The number of aromatic nitrogens is 3. The Hall–Kier alpha value is -2.38. The monoisotopic (exact) mass is 394 g/mol. The molecule has 1 amide bonds. The molecule has 5 rings (SSSR count). The van der Waals surface area contributed by atoms with Crippen molar-refractivity contribution in [2.75, 3.05) is 18.8 Å². The third-order valence-electron chi connectivity index (χ3n) is 5.47. The molecule has 0 N–H and O–H groups in total. The number of imidazole rings is 1. The Bertz CT molecular complexity index is 1030. The van der Waals surface area contributed by atoms with Gasteiger partial charge in [0.25, 0.3) is 5.91 Å². The van der Waals surface area contributed by atoms with Gasteiger partial charge in [0.2, 0.25) is 0 Å². The maximum atomic E-state index is 12.9. The highest BCUT2D eigenvalue weighted by atomic mass is 32.2. The van der Waals surface area contributed by atoms with E-state index in [1.165, 1.54) is 0 Å².